The largest absolute Gasteiger partial charge is 0.296 e. The Kier molecular flexibility index (Phi) is 5.40. The molecular weight excluding hydrogens is 312 g/mol. The first kappa shape index (κ1) is 17.0. The topological polar surface area (TPSA) is 94.3 Å². The molecule has 1 heterocycles. The van der Waals surface area contributed by atoms with Crippen LogP contribution in [0, 0.1) is 11.5 Å². The first-order valence-corrected chi connectivity index (χ1v) is 8.51. The number of hydrogen-bond acceptors (Lipinski definition) is 5. The summed E-state index contributed by atoms with van der Waals surface area (Å²) < 4.78 is 0. The molecule has 0 radical (unpaired) electrons. The van der Waals surface area contributed by atoms with E-state index in [9.17, 15) is 9.59 Å². The van der Waals surface area contributed by atoms with E-state index in [-0.39, 0.29) is 11.8 Å². The molecule has 1 saturated heterocycles. The molecule has 1 aliphatic rings. The Morgan fingerprint density at radius 1 is 1.43 bits per heavy atom. The molecule has 2 N–H and O–H groups in total. The van der Waals surface area contributed by atoms with Crippen LogP contribution in [0.4, 0.5) is 5.69 Å². The van der Waals surface area contributed by atoms with E-state index < -0.39 is 5.41 Å². The van der Waals surface area contributed by atoms with Crippen molar-refractivity contribution in [3.8, 4) is 6.19 Å². The monoisotopic (exact) mass is 330 g/mol. The van der Waals surface area contributed by atoms with E-state index in [0.717, 1.165) is 5.56 Å². The average Bonchev–Trinajstić information content (AvgIpc) is 2.56. The number of amidine groups is 1. The van der Waals surface area contributed by atoms with Gasteiger partial charge in [-0.2, -0.15) is 5.26 Å². The summed E-state index contributed by atoms with van der Waals surface area (Å²) in [7, 11) is 0. The summed E-state index contributed by atoms with van der Waals surface area (Å²) >= 11 is 1.34. The van der Waals surface area contributed by atoms with Gasteiger partial charge in [-0.15, -0.1) is 0 Å². The minimum atomic E-state index is -0.663. The minimum Gasteiger partial charge on any atom is -0.296 e. The number of hydrogen-bond donors (Lipinski definition) is 2. The van der Waals surface area contributed by atoms with Crippen molar-refractivity contribution in [2.45, 2.75) is 31.6 Å². The van der Waals surface area contributed by atoms with Gasteiger partial charge >= 0.3 is 0 Å². The first-order valence-electron chi connectivity index (χ1n) is 7.28. The molecule has 1 aliphatic heterocycles. The number of nitrogens with one attached hydrogen (secondary N) is 2. The maximum Gasteiger partial charge on any atom is 0.237 e. The fourth-order valence-electron chi connectivity index (χ4n) is 2.71. The van der Waals surface area contributed by atoms with Gasteiger partial charge in [0.15, 0.2) is 11.4 Å². The van der Waals surface area contributed by atoms with Crippen LogP contribution in [0.3, 0.4) is 0 Å². The molecule has 120 valence electrons. The molecular formula is C16H18N4O2S. The lowest BCUT2D eigenvalue weighted by Gasteiger charge is -2.34. The van der Waals surface area contributed by atoms with Crippen LogP contribution >= 0.6 is 11.8 Å². The van der Waals surface area contributed by atoms with Crippen LogP contribution in [0.1, 0.15) is 31.7 Å². The molecule has 7 heteroatoms. The lowest BCUT2D eigenvalue weighted by molar-refractivity contribution is -0.138. The number of nitrogens with zero attached hydrogens (tertiary/aromatic N) is 2. The summed E-state index contributed by atoms with van der Waals surface area (Å²) in [5.74, 6) is -0.448. The lowest BCUT2D eigenvalue weighted by Crippen LogP contribution is -2.51. The Morgan fingerprint density at radius 2 is 2.13 bits per heavy atom. The van der Waals surface area contributed by atoms with Crippen molar-refractivity contribution in [2.24, 2.45) is 4.99 Å². The summed E-state index contributed by atoms with van der Waals surface area (Å²) in [6.07, 6.45) is 5.16. The van der Waals surface area contributed by atoms with Crippen molar-refractivity contribution < 1.29 is 9.59 Å². The molecule has 0 aliphatic carbocycles. The maximum absolute atomic E-state index is 12.3. The third kappa shape index (κ3) is 3.54. The molecule has 0 bridgehead atoms. The Labute approximate surface area is 139 Å². The Balaban J connectivity index is 2.29. The molecule has 1 fully saturated rings. The van der Waals surface area contributed by atoms with Crippen molar-refractivity contribution in [1.82, 2.24) is 10.6 Å². The Morgan fingerprint density at radius 3 is 2.65 bits per heavy atom. The number of carbonyl (C=O) groups is 2. The number of piperidine rings is 1. The second kappa shape index (κ2) is 7.29. The third-order valence-corrected chi connectivity index (χ3v) is 4.66. The van der Waals surface area contributed by atoms with E-state index in [2.05, 4.69) is 15.6 Å². The second-order valence-corrected chi connectivity index (χ2v) is 6.01. The van der Waals surface area contributed by atoms with Crippen LogP contribution in [-0.2, 0) is 15.0 Å². The summed E-state index contributed by atoms with van der Waals surface area (Å²) in [5, 5.41) is 14.1. The zero-order chi connectivity index (χ0) is 16.9. The number of rotatable bonds is 3. The first-order chi connectivity index (χ1) is 11.1. The summed E-state index contributed by atoms with van der Waals surface area (Å²) in [6, 6.07) is 7.35. The number of thioether (sulfide) groups is 1. The molecule has 23 heavy (non-hydrogen) atoms. The van der Waals surface area contributed by atoms with Gasteiger partial charge in [-0.3, -0.25) is 20.2 Å². The fraction of sp³-hybridized carbons (Fsp3) is 0.375. The zero-order valence-corrected chi connectivity index (χ0v) is 13.9. The third-order valence-electron chi connectivity index (χ3n) is 4.08. The smallest absolute Gasteiger partial charge is 0.237 e. The highest BCUT2D eigenvalue weighted by Crippen LogP contribution is 2.36. The SMILES string of the molecule is CCC1(c2ccc(N=C(NC#N)SC)cc2)CCC(=O)NC1=O. The van der Waals surface area contributed by atoms with Crippen LogP contribution in [0.2, 0.25) is 0 Å². The zero-order valence-electron chi connectivity index (χ0n) is 13.0. The average molecular weight is 330 g/mol. The molecule has 1 atom stereocenters. The minimum absolute atomic E-state index is 0.215. The lowest BCUT2D eigenvalue weighted by atomic mass is 9.72. The van der Waals surface area contributed by atoms with Gasteiger partial charge in [-0.1, -0.05) is 30.8 Å². The van der Waals surface area contributed by atoms with Gasteiger partial charge in [0, 0.05) is 6.42 Å². The molecule has 0 saturated carbocycles. The summed E-state index contributed by atoms with van der Waals surface area (Å²) in [4.78, 5) is 28.1. The van der Waals surface area contributed by atoms with Crippen molar-refractivity contribution >= 4 is 34.4 Å². The molecule has 2 rings (SSSR count). The second-order valence-electron chi connectivity index (χ2n) is 5.22. The van der Waals surface area contributed by atoms with Crippen LogP contribution in [0.25, 0.3) is 0 Å². The van der Waals surface area contributed by atoms with Crippen LogP contribution in [0.15, 0.2) is 29.3 Å². The maximum atomic E-state index is 12.3. The highest BCUT2D eigenvalue weighted by Gasteiger charge is 2.42. The Hall–Kier alpha value is -2.33. The van der Waals surface area contributed by atoms with E-state index in [1.54, 1.807) is 0 Å². The molecule has 1 aromatic rings. The normalized spacial score (nSPS) is 21.5. The molecule has 2 amide bonds. The van der Waals surface area contributed by atoms with Gasteiger partial charge in [0.25, 0.3) is 0 Å². The molecule has 6 nitrogen and oxygen atoms in total. The van der Waals surface area contributed by atoms with Crippen molar-refractivity contribution in [3.63, 3.8) is 0 Å². The van der Waals surface area contributed by atoms with Crippen LogP contribution in [0.5, 0.6) is 0 Å². The molecule has 0 aromatic heterocycles. The Bertz CT molecular complexity index is 678. The number of imide groups is 1. The van der Waals surface area contributed by atoms with E-state index in [0.29, 0.717) is 30.1 Å². The van der Waals surface area contributed by atoms with Gasteiger partial charge < -0.3 is 0 Å². The van der Waals surface area contributed by atoms with E-state index in [1.807, 2.05) is 43.6 Å². The van der Waals surface area contributed by atoms with E-state index in [4.69, 9.17) is 5.26 Å². The highest BCUT2D eigenvalue weighted by atomic mass is 32.2. The highest BCUT2D eigenvalue weighted by molar-refractivity contribution is 8.13. The number of nitriles is 1. The summed E-state index contributed by atoms with van der Waals surface area (Å²) in [6.45, 7) is 1.95. The fourth-order valence-corrected chi connectivity index (χ4v) is 3.06. The van der Waals surface area contributed by atoms with Gasteiger partial charge in [0.05, 0.1) is 11.1 Å². The quantitative estimate of drug-likeness (QED) is 0.291. The number of amides is 2. The van der Waals surface area contributed by atoms with E-state index >= 15 is 0 Å². The van der Waals surface area contributed by atoms with E-state index in [1.165, 1.54) is 11.8 Å². The predicted octanol–water partition coefficient (Wildman–Crippen LogP) is 2.19. The number of carbonyl (C=O) groups excluding carboxylic acids is 2. The summed E-state index contributed by atoms with van der Waals surface area (Å²) in [5.41, 5.74) is 0.908. The predicted molar refractivity (Wildman–Crippen MR) is 90.2 cm³/mol. The number of benzene rings is 1. The van der Waals surface area contributed by atoms with Crippen molar-refractivity contribution in [3.05, 3.63) is 29.8 Å². The van der Waals surface area contributed by atoms with Gasteiger partial charge in [-0.05, 0) is 36.8 Å². The van der Waals surface area contributed by atoms with Crippen molar-refractivity contribution in [2.75, 3.05) is 6.26 Å². The van der Waals surface area contributed by atoms with Crippen LogP contribution in [-0.4, -0.2) is 23.2 Å². The van der Waals surface area contributed by atoms with Crippen molar-refractivity contribution in [1.29, 1.82) is 5.26 Å². The van der Waals surface area contributed by atoms with Gasteiger partial charge in [-0.25, -0.2) is 4.99 Å². The van der Waals surface area contributed by atoms with Gasteiger partial charge in [0.2, 0.25) is 11.8 Å². The molecule has 1 aromatic carbocycles. The number of aliphatic imine (C=N–C) groups is 1. The van der Waals surface area contributed by atoms with Gasteiger partial charge in [0.1, 0.15) is 0 Å². The van der Waals surface area contributed by atoms with Crippen LogP contribution < -0.4 is 10.6 Å². The molecule has 0 spiro atoms. The standard InChI is InChI=1S/C16H18N4O2S/c1-3-16(9-8-13(21)20-14(16)22)11-4-6-12(7-5-11)19-15(23-2)18-10-17/h4-7H,3,8-9H2,1-2H3,(H,18,19)(H,20,21,22). The molecule has 1 unspecified atom stereocenters.